The molecule has 0 aliphatic heterocycles. The van der Waals surface area contributed by atoms with Crippen LogP contribution in [0.5, 0.6) is 5.75 Å². The van der Waals surface area contributed by atoms with Crippen LogP contribution in [0.4, 0.5) is 13.2 Å². The lowest BCUT2D eigenvalue weighted by molar-refractivity contribution is -0.137. The number of carbonyl (C=O) groups is 1. The van der Waals surface area contributed by atoms with E-state index in [-0.39, 0.29) is 39.6 Å². The van der Waals surface area contributed by atoms with Gasteiger partial charge in [-0.1, -0.05) is 0 Å². The maximum atomic E-state index is 13.0. The quantitative estimate of drug-likeness (QED) is 0.352. The molecule has 178 valence electrons. The first-order valence-corrected chi connectivity index (χ1v) is 11.9. The van der Waals surface area contributed by atoms with Crippen molar-refractivity contribution in [3.8, 4) is 5.75 Å². The van der Waals surface area contributed by atoms with E-state index < -0.39 is 28.5 Å². The Balaban J connectivity index is 1.83. The number of aromatic nitrogens is 3. The van der Waals surface area contributed by atoms with Crippen LogP contribution < -0.4 is 0 Å². The number of fused-ring (bicyclic) bond motifs is 1. The van der Waals surface area contributed by atoms with Gasteiger partial charge in [-0.2, -0.15) is 13.2 Å². The molecule has 0 bridgehead atoms. The van der Waals surface area contributed by atoms with Gasteiger partial charge in [0.2, 0.25) is 0 Å². The van der Waals surface area contributed by atoms with E-state index in [1.807, 2.05) is 0 Å². The van der Waals surface area contributed by atoms with Gasteiger partial charge in [0.25, 0.3) is 0 Å². The summed E-state index contributed by atoms with van der Waals surface area (Å²) in [7, 11) is -0.213. The number of halogens is 4. The number of aromatic carboxylic acids is 1. The molecule has 34 heavy (non-hydrogen) atoms. The minimum absolute atomic E-state index is 0.129. The molecule has 2 aromatic carbocycles. The third-order valence-corrected chi connectivity index (χ3v) is 7.40. The average molecular weight is 556 g/mol. The second kappa shape index (κ2) is 8.91. The van der Waals surface area contributed by atoms with E-state index in [2.05, 4.69) is 20.9 Å². The molecular formula is C22H17BrF3N3O4S. The van der Waals surface area contributed by atoms with Crippen molar-refractivity contribution in [3.63, 3.8) is 0 Å². The zero-order valence-corrected chi connectivity index (χ0v) is 19.9. The number of aryl methyl sites for hydroxylation is 1. The third-order valence-electron chi connectivity index (χ3n) is 5.46. The maximum Gasteiger partial charge on any atom is 0.416 e. The van der Waals surface area contributed by atoms with Crippen molar-refractivity contribution in [1.29, 1.82) is 0 Å². The number of rotatable bonds is 6. The normalized spacial score (nSPS) is 12.9. The first-order chi connectivity index (χ1) is 16.0. The number of hydrogen-bond acceptors (Lipinski definition) is 4. The molecule has 0 spiro atoms. The molecule has 0 amide bonds. The number of hydrogen-bond donors (Lipinski definition) is 2. The average Bonchev–Trinajstić information content (AvgIpc) is 3.38. The van der Waals surface area contributed by atoms with Crippen LogP contribution in [0.15, 0.2) is 58.4 Å². The van der Waals surface area contributed by atoms with E-state index >= 15 is 0 Å². The molecule has 7 nitrogen and oxygen atoms in total. The van der Waals surface area contributed by atoms with Gasteiger partial charge in [-0.3, -0.25) is 4.21 Å². The maximum absolute atomic E-state index is 13.0. The summed E-state index contributed by atoms with van der Waals surface area (Å²) < 4.78 is 55.1. The van der Waals surface area contributed by atoms with Crippen LogP contribution in [0.2, 0.25) is 0 Å². The molecule has 0 aliphatic rings. The molecule has 4 rings (SSSR count). The molecule has 1 unspecified atom stereocenters. The second-order valence-corrected chi connectivity index (χ2v) is 9.82. The Morgan fingerprint density at radius 2 is 1.91 bits per heavy atom. The van der Waals surface area contributed by atoms with Crippen LogP contribution in [0.25, 0.3) is 10.9 Å². The highest BCUT2D eigenvalue weighted by Gasteiger charge is 2.31. The van der Waals surface area contributed by atoms with Crippen LogP contribution in [-0.2, 0) is 36.3 Å². The second-order valence-electron chi connectivity index (χ2n) is 7.51. The number of aromatic hydroxyl groups is 1. The molecule has 1 atom stereocenters. The molecule has 0 fully saturated rings. The monoisotopic (exact) mass is 555 g/mol. The molecule has 4 aromatic rings. The van der Waals surface area contributed by atoms with Gasteiger partial charge in [-0.25, -0.2) is 9.78 Å². The molecule has 0 aliphatic carbocycles. The number of nitrogens with zero attached hydrogens (tertiary/aromatic N) is 3. The summed E-state index contributed by atoms with van der Waals surface area (Å²) in [5.41, 5.74) is 0.0351. The van der Waals surface area contributed by atoms with E-state index in [4.69, 9.17) is 0 Å². The summed E-state index contributed by atoms with van der Waals surface area (Å²) in [6, 6.07) is 5.49. The highest BCUT2D eigenvalue weighted by molar-refractivity contribution is 9.10. The number of benzene rings is 2. The van der Waals surface area contributed by atoms with Crippen LogP contribution >= 0.6 is 15.9 Å². The zero-order valence-electron chi connectivity index (χ0n) is 17.5. The Labute approximate surface area is 202 Å². The van der Waals surface area contributed by atoms with Gasteiger partial charge in [-0.05, 0) is 46.3 Å². The summed E-state index contributed by atoms with van der Waals surface area (Å²) in [5.74, 6) is -1.66. The van der Waals surface area contributed by atoms with Crippen molar-refractivity contribution in [1.82, 2.24) is 14.1 Å². The number of carboxylic acids is 1. The number of phenols is 1. The fourth-order valence-corrected chi connectivity index (χ4v) is 5.45. The lowest BCUT2D eigenvalue weighted by atomic mass is 10.0. The fraction of sp³-hybridized carbons (Fsp3) is 0.182. The Morgan fingerprint density at radius 3 is 2.47 bits per heavy atom. The molecule has 2 N–H and O–H groups in total. The standard InChI is InChI=1S/C22H17BrF3N3O4S/c1-28-16-8-15(23)20(30)14(9-29-7-6-27-11-29)18(16)19(21(31)32)17(28)10-34(33)13-4-2-12(3-5-13)22(24,25)26/h2-8,11,30H,9-10H2,1H3,(H,31,32). The minimum Gasteiger partial charge on any atom is -0.506 e. The molecule has 0 saturated carbocycles. The largest absolute Gasteiger partial charge is 0.506 e. The molecular weight excluding hydrogens is 539 g/mol. The number of carboxylic acid groups (broad SMARTS) is 1. The van der Waals surface area contributed by atoms with E-state index in [0.29, 0.717) is 15.6 Å². The van der Waals surface area contributed by atoms with Crippen molar-refractivity contribution in [2.45, 2.75) is 23.4 Å². The predicted molar refractivity (Wildman–Crippen MR) is 122 cm³/mol. The van der Waals surface area contributed by atoms with E-state index in [0.717, 1.165) is 24.3 Å². The minimum atomic E-state index is -4.52. The van der Waals surface area contributed by atoms with E-state index in [9.17, 15) is 32.4 Å². The summed E-state index contributed by atoms with van der Waals surface area (Å²) in [6.45, 7) is 0.132. The fourth-order valence-electron chi connectivity index (χ4n) is 3.80. The van der Waals surface area contributed by atoms with Crippen LogP contribution in [-0.4, -0.2) is 34.5 Å². The topological polar surface area (TPSA) is 97.3 Å². The van der Waals surface area contributed by atoms with Gasteiger partial charge in [0, 0.05) is 41.0 Å². The van der Waals surface area contributed by atoms with Gasteiger partial charge in [0.15, 0.2) is 0 Å². The first-order valence-electron chi connectivity index (χ1n) is 9.75. The zero-order chi connectivity index (χ0) is 24.8. The Bertz CT molecular complexity index is 1410. The van der Waals surface area contributed by atoms with Crippen LogP contribution in [0.1, 0.15) is 27.2 Å². The van der Waals surface area contributed by atoms with Gasteiger partial charge < -0.3 is 19.3 Å². The van der Waals surface area contributed by atoms with Gasteiger partial charge >= 0.3 is 12.1 Å². The molecule has 2 heterocycles. The molecule has 0 radical (unpaired) electrons. The number of phenolic OH excluding ortho intramolecular Hbond substituents is 1. The summed E-state index contributed by atoms with van der Waals surface area (Å²) in [6.07, 6.45) is 0.216. The summed E-state index contributed by atoms with van der Waals surface area (Å²) >= 11 is 3.30. The lowest BCUT2D eigenvalue weighted by Crippen LogP contribution is -2.09. The van der Waals surface area contributed by atoms with E-state index in [1.165, 1.54) is 6.33 Å². The predicted octanol–water partition coefficient (Wildman–Crippen LogP) is 4.92. The van der Waals surface area contributed by atoms with E-state index in [1.54, 1.807) is 34.6 Å². The smallest absolute Gasteiger partial charge is 0.416 e. The summed E-state index contributed by atoms with van der Waals surface area (Å²) in [5, 5.41) is 21.0. The highest BCUT2D eigenvalue weighted by Crippen LogP contribution is 2.40. The van der Waals surface area contributed by atoms with Gasteiger partial charge in [0.05, 0.1) is 50.5 Å². The van der Waals surface area contributed by atoms with Crippen LogP contribution in [0, 0.1) is 0 Å². The van der Waals surface area contributed by atoms with Crippen molar-refractivity contribution in [2.75, 3.05) is 0 Å². The van der Waals surface area contributed by atoms with Crippen molar-refractivity contribution in [3.05, 3.63) is 75.9 Å². The highest BCUT2D eigenvalue weighted by atomic mass is 79.9. The third kappa shape index (κ3) is 4.34. The van der Waals surface area contributed by atoms with Gasteiger partial charge in [0.1, 0.15) is 5.75 Å². The Morgan fingerprint density at radius 1 is 1.24 bits per heavy atom. The first kappa shape index (κ1) is 24.0. The summed E-state index contributed by atoms with van der Waals surface area (Å²) in [4.78, 5) is 16.4. The van der Waals surface area contributed by atoms with Gasteiger partial charge in [-0.15, -0.1) is 0 Å². The lowest BCUT2D eigenvalue weighted by Gasteiger charge is -2.11. The molecule has 0 saturated heterocycles. The SMILES string of the molecule is Cn1c(CS(=O)c2ccc(C(F)(F)F)cc2)c(C(=O)O)c2c(Cn3ccnc3)c(O)c(Br)cc21. The van der Waals surface area contributed by atoms with Crippen LogP contribution in [0.3, 0.4) is 0 Å². The van der Waals surface area contributed by atoms with Crippen molar-refractivity contribution < 1.29 is 32.4 Å². The molecule has 12 heteroatoms. The Kier molecular flexibility index (Phi) is 6.30. The Hall–Kier alpha value is -3.12. The number of alkyl halides is 3. The molecule has 2 aromatic heterocycles. The van der Waals surface area contributed by atoms with Crippen molar-refractivity contribution in [2.24, 2.45) is 7.05 Å². The number of imidazole rings is 1. The van der Waals surface area contributed by atoms with Crippen molar-refractivity contribution >= 4 is 43.6 Å².